The minimum absolute atomic E-state index is 0.247. The van der Waals surface area contributed by atoms with Crippen LogP contribution >= 0.6 is 0 Å². The first-order chi connectivity index (χ1) is 11.2. The van der Waals surface area contributed by atoms with Crippen LogP contribution in [0.3, 0.4) is 0 Å². The number of carbonyl (C=O) groups is 1. The van der Waals surface area contributed by atoms with Crippen molar-refractivity contribution >= 4 is 5.97 Å². The van der Waals surface area contributed by atoms with E-state index in [4.69, 9.17) is 5.11 Å². The Morgan fingerprint density at radius 1 is 0.913 bits per heavy atom. The van der Waals surface area contributed by atoms with Crippen LogP contribution in [-0.2, 0) is 4.79 Å². The van der Waals surface area contributed by atoms with Crippen LogP contribution in [0.1, 0.15) is 64.7 Å². The fraction of sp³-hybridized carbons (Fsp3) is 0.550. The minimum Gasteiger partial charge on any atom is -0.481 e. The third-order valence-corrected chi connectivity index (χ3v) is 3.33. The number of carboxylic acids is 1. The Morgan fingerprint density at radius 3 is 2.35 bits per heavy atom. The maximum atomic E-state index is 10.3. The van der Waals surface area contributed by atoms with Gasteiger partial charge < -0.3 is 10.2 Å². The average molecular weight is 320 g/mol. The molecule has 130 valence electrons. The Hall–Kier alpha value is -1.61. The molecule has 1 atom stereocenters. The lowest BCUT2D eigenvalue weighted by Crippen LogP contribution is -1.98. The Bertz CT molecular complexity index is 392. The normalized spacial score (nSPS) is 13.8. The van der Waals surface area contributed by atoms with Crippen LogP contribution in [0.15, 0.2) is 48.6 Å². The molecule has 0 amide bonds. The maximum absolute atomic E-state index is 10.3. The van der Waals surface area contributed by atoms with Crippen LogP contribution in [0.5, 0.6) is 0 Å². The summed E-state index contributed by atoms with van der Waals surface area (Å²) in [5.41, 5.74) is 0. The largest absolute Gasteiger partial charge is 0.481 e. The molecule has 0 aliphatic carbocycles. The molecule has 2 N–H and O–H groups in total. The Kier molecular flexibility index (Phi) is 15.6. The van der Waals surface area contributed by atoms with Gasteiger partial charge in [-0.15, -0.1) is 0 Å². The molecule has 0 aromatic carbocycles. The zero-order valence-electron chi connectivity index (χ0n) is 14.4. The number of hydrogen-bond donors (Lipinski definition) is 2. The number of aliphatic carboxylic acids is 1. The van der Waals surface area contributed by atoms with E-state index in [1.54, 1.807) is 6.08 Å². The molecule has 0 aliphatic heterocycles. The SMILES string of the molecule is CCCCC/C=C\C[C@@H](O)/C=C/C=C/C=C\CCCCC(=O)O. The number of aliphatic hydroxyl groups is 1. The van der Waals surface area contributed by atoms with Crippen LogP contribution in [-0.4, -0.2) is 22.3 Å². The molecule has 23 heavy (non-hydrogen) atoms. The fourth-order valence-electron chi connectivity index (χ4n) is 1.98. The molecule has 0 bridgehead atoms. The lowest BCUT2D eigenvalue weighted by atomic mass is 10.1. The van der Waals surface area contributed by atoms with Gasteiger partial charge in [-0.1, -0.05) is 68.4 Å². The van der Waals surface area contributed by atoms with Gasteiger partial charge in [-0.2, -0.15) is 0 Å². The van der Waals surface area contributed by atoms with Gasteiger partial charge in [0.25, 0.3) is 0 Å². The molecular formula is C20H32O3. The van der Waals surface area contributed by atoms with Gasteiger partial charge in [0.15, 0.2) is 0 Å². The van der Waals surface area contributed by atoms with Gasteiger partial charge in [0.2, 0.25) is 0 Å². The van der Waals surface area contributed by atoms with Gasteiger partial charge in [-0.05, 0) is 38.5 Å². The topological polar surface area (TPSA) is 57.5 Å². The summed E-state index contributed by atoms with van der Waals surface area (Å²) in [5, 5.41) is 18.3. The zero-order chi connectivity index (χ0) is 17.2. The Morgan fingerprint density at radius 2 is 1.61 bits per heavy atom. The third kappa shape index (κ3) is 18.3. The van der Waals surface area contributed by atoms with Crippen molar-refractivity contribution in [2.24, 2.45) is 0 Å². The first-order valence-corrected chi connectivity index (χ1v) is 8.71. The molecule has 0 radical (unpaired) electrons. The van der Waals surface area contributed by atoms with Crippen LogP contribution in [0, 0.1) is 0 Å². The van der Waals surface area contributed by atoms with Gasteiger partial charge in [-0.25, -0.2) is 0 Å². The summed E-state index contributed by atoms with van der Waals surface area (Å²) >= 11 is 0. The van der Waals surface area contributed by atoms with Crippen LogP contribution in [0.4, 0.5) is 0 Å². The van der Waals surface area contributed by atoms with E-state index in [2.05, 4.69) is 13.0 Å². The van der Waals surface area contributed by atoms with Crippen molar-refractivity contribution in [1.29, 1.82) is 0 Å². The van der Waals surface area contributed by atoms with Crippen molar-refractivity contribution in [3.8, 4) is 0 Å². The van der Waals surface area contributed by atoms with Gasteiger partial charge in [0.1, 0.15) is 0 Å². The summed E-state index contributed by atoms with van der Waals surface area (Å²) in [7, 11) is 0. The van der Waals surface area contributed by atoms with E-state index >= 15 is 0 Å². The molecule has 0 rings (SSSR count). The first kappa shape index (κ1) is 21.4. The van der Waals surface area contributed by atoms with Crippen molar-refractivity contribution in [3.05, 3.63) is 48.6 Å². The molecule has 0 heterocycles. The van der Waals surface area contributed by atoms with Crippen LogP contribution < -0.4 is 0 Å². The summed E-state index contributed by atoms with van der Waals surface area (Å²) < 4.78 is 0. The van der Waals surface area contributed by atoms with Crippen LogP contribution in [0.2, 0.25) is 0 Å². The molecule has 0 saturated carbocycles. The van der Waals surface area contributed by atoms with Gasteiger partial charge in [0.05, 0.1) is 6.10 Å². The van der Waals surface area contributed by atoms with Crippen molar-refractivity contribution in [3.63, 3.8) is 0 Å². The lowest BCUT2D eigenvalue weighted by molar-refractivity contribution is -0.137. The number of aliphatic hydroxyl groups excluding tert-OH is 1. The molecule has 0 unspecified atom stereocenters. The van der Waals surface area contributed by atoms with E-state index < -0.39 is 12.1 Å². The molecule has 0 aliphatic rings. The second-order valence-electron chi connectivity index (χ2n) is 5.61. The number of carboxylic acid groups (broad SMARTS) is 1. The van der Waals surface area contributed by atoms with E-state index in [9.17, 15) is 9.90 Å². The van der Waals surface area contributed by atoms with E-state index in [1.165, 1.54) is 19.3 Å². The molecule has 0 spiro atoms. The second-order valence-corrected chi connectivity index (χ2v) is 5.61. The van der Waals surface area contributed by atoms with E-state index in [0.717, 1.165) is 25.7 Å². The highest BCUT2D eigenvalue weighted by atomic mass is 16.4. The number of rotatable bonds is 14. The molecule has 3 nitrogen and oxygen atoms in total. The highest BCUT2D eigenvalue weighted by Crippen LogP contribution is 2.03. The zero-order valence-corrected chi connectivity index (χ0v) is 14.4. The lowest BCUT2D eigenvalue weighted by Gasteiger charge is -1.99. The number of allylic oxidation sites excluding steroid dienone is 6. The second kappa shape index (κ2) is 16.8. The smallest absolute Gasteiger partial charge is 0.303 e. The highest BCUT2D eigenvalue weighted by molar-refractivity contribution is 5.66. The van der Waals surface area contributed by atoms with Crippen molar-refractivity contribution in [1.82, 2.24) is 0 Å². The highest BCUT2D eigenvalue weighted by Gasteiger charge is 1.94. The van der Waals surface area contributed by atoms with Crippen molar-refractivity contribution in [2.75, 3.05) is 0 Å². The predicted molar refractivity (Wildman–Crippen MR) is 97.4 cm³/mol. The maximum Gasteiger partial charge on any atom is 0.303 e. The predicted octanol–water partition coefficient (Wildman–Crippen LogP) is 5.19. The van der Waals surface area contributed by atoms with Crippen molar-refractivity contribution in [2.45, 2.75) is 70.8 Å². The summed E-state index contributed by atoms with van der Waals surface area (Å²) in [6.07, 6.45) is 23.5. The molecule has 3 heteroatoms. The molecular weight excluding hydrogens is 288 g/mol. The number of hydrogen-bond acceptors (Lipinski definition) is 2. The van der Waals surface area contributed by atoms with E-state index in [-0.39, 0.29) is 6.42 Å². The van der Waals surface area contributed by atoms with Gasteiger partial charge >= 0.3 is 5.97 Å². The molecule has 0 aromatic rings. The Balaban J connectivity index is 3.64. The van der Waals surface area contributed by atoms with Crippen molar-refractivity contribution < 1.29 is 15.0 Å². The summed E-state index contributed by atoms with van der Waals surface area (Å²) in [6.45, 7) is 2.19. The third-order valence-electron chi connectivity index (χ3n) is 3.33. The monoisotopic (exact) mass is 320 g/mol. The molecule has 0 saturated heterocycles. The quantitative estimate of drug-likeness (QED) is 0.263. The summed E-state index contributed by atoms with van der Waals surface area (Å²) in [6, 6.07) is 0. The van der Waals surface area contributed by atoms with Crippen LogP contribution in [0.25, 0.3) is 0 Å². The van der Waals surface area contributed by atoms with E-state index in [0.29, 0.717) is 6.42 Å². The molecule has 0 aromatic heterocycles. The van der Waals surface area contributed by atoms with Gasteiger partial charge in [0, 0.05) is 6.42 Å². The Labute approximate surface area is 141 Å². The van der Waals surface area contributed by atoms with E-state index in [1.807, 2.05) is 36.5 Å². The fourth-order valence-corrected chi connectivity index (χ4v) is 1.98. The minimum atomic E-state index is -0.728. The summed E-state index contributed by atoms with van der Waals surface area (Å²) in [4.78, 5) is 10.3. The number of unbranched alkanes of at least 4 members (excludes halogenated alkanes) is 5. The molecule has 0 fully saturated rings. The first-order valence-electron chi connectivity index (χ1n) is 8.71. The van der Waals surface area contributed by atoms with Gasteiger partial charge in [-0.3, -0.25) is 4.79 Å². The average Bonchev–Trinajstić information content (AvgIpc) is 2.52. The summed E-state index contributed by atoms with van der Waals surface area (Å²) in [5.74, 6) is -0.728. The standard InChI is InChI=1S/C20H32O3/c1-2-3-4-5-10-13-16-19(21)17-14-11-8-6-7-9-12-15-18-20(22)23/h6-8,10-11,13-14,17,19,21H,2-5,9,12,15-16,18H2,1H3,(H,22,23)/b7-6-,11-8+,13-10-,17-14+/t19-/m1/s1.